The lowest BCUT2D eigenvalue weighted by Crippen LogP contribution is -2.19. The van der Waals surface area contributed by atoms with E-state index in [-0.39, 0.29) is 11.7 Å². The predicted molar refractivity (Wildman–Crippen MR) is 61.3 cm³/mol. The number of hydrogen-bond acceptors (Lipinski definition) is 5. The first-order chi connectivity index (χ1) is 8.20. The zero-order valence-electron chi connectivity index (χ0n) is 9.09. The number of carbonyl (C=O) groups is 1. The maximum absolute atomic E-state index is 10.9. The van der Waals surface area contributed by atoms with Gasteiger partial charge in [-0.2, -0.15) is 0 Å². The van der Waals surface area contributed by atoms with Gasteiger partial charge in [0.25, 0.3) is 5.69 Å². The van der Waals surface area contributed by atoms with Crippen LogP contribution in [0.4, 0.5) is 11.4 Å². The third-order valence-electron chi connectivity index (χ3n) is 2.64. The fraction of sp³-hybridized carbons (Fsp3) is 0.364. The van der Waals surface area contributed by atoms with Crippen LogP contribution < -0.4 is 5.32 Å². The van der Waals surface area contributed by atoms with Crippen LogP contribution in [0.3, 0.4) is 0 Å². The molecule has 0 aliphatic carbocycles. The molecule has 0 aromatic heterocycles. The van der Waals surface area contributed by atoms with Crippen LogP contribution in [-0.2, 0) is 4.74 Å². The van der Waals surface area contributed by atoms with Crippen LogP contribution in [0.15, 0.2) is 18.2 Å². The Hall–Kier alpha value is -1.95. The number of ether oxygens (including phenoxy) is 1. The standard InChI is InChI=1S/C11H12N2O4/c14-6-8-1-2-10(11(5-8)13(15)16)12-9-3-4-17-7-9/h1-2,5-6,9,12H,3-4,7H2. The molecule has 1 unspecified atom stereocenters. The van der Waals surface area contributed by atoms with Crippen molar-refractivity contribution in [3.8, 4) is 0 Å². The molecule has 1 saturated heterocycles. The van der Waals surface area contributed by atoms with Crippen LogP contribution >= 0.6 is 0 Å². The van der Waals surface area contributed by atoms with E-state index in [1.807, 2.05) is 0 Å². The molecule has 0 spiro atoms. The number of anilines is 1. The van der Waals surface area contributed by atoms with E-state index in [1.165, 1.54) is 6.07 Å². The molecule has 1 aliphatic heterocycles. The Balaban J connectivity index is 2.25. The van der Waals surface area contributed by atoms with Crippen molar-refractivity contribution in [1.29, 1.82) is 0 Å². The number of carbonyl (C=O) groups excluding carboxylic acids is 1. The maximum atomic E-state index is 10.9. The van der Waals surface area contributed by atoms with Crippen molar-refractivity contribution in [2.24, 2.45) is 0 Å². The molecular weight excluding hydrogens is 224 g/mol. The fourth-order valence-corrected chi connectivity index (χ4v) is 1.76. The Labute approximate surface area is 97.7 Å². The van der Waals surface area contributed by atoms with Crippen molar-refractivity contribution in [3.05, 3.63) is 33.9 Å². The Morgan fingerprint density at radius 3 is 2.94 bits per heavy atom. The molecule has 1 fully saturated rings. The second-order valence-electron chi connectivity index (χ2n) is 3.86. The van der Waals surface area contributed by atoms with Gasteiger partial charge >= 0.3 is 0 Å². The molecule has 1 heterocycles. The van der Waals surface area contributed by atoms with Crippen molar-refractivity contribution >= 4 is 17.7 Å². The van der Waals surface area contributed by atoms with Crippen LogP contribution in [0.1, 0.15) is 16.8 Å². The summed E-state index contributed by atoms with van der Waals surface area (Å²) >= 11 is 0. The lowest BCUT2D eigenvalue weighted by atomic mass is 10.1. The summed E-state index contributed by atoms with van der Waals surface area (Å²) in [5.41, 5.74) is 0.641. The van der Waals surface area contributed by atoms with Crippen molar-refractivity contribution < 1.29 is 14.5 Å². The molecule has 1 N–H and O–H groups in total. The third kappa shape index (κ3) is 2.59. The van der Waals surface area contributed by atoms with Crippen LogP contribution in [0.25, 0.3) is 0 Å². The van der Waals surface area contributed by atoms with Crippen LogP contribution in [-0.4, -0.2) is 30.5 Å². The molecule has 0 bridgehead atoms. The van der Waals surface area contributed by atoms with E-state index in [1.54, 1.807) is 12.1 Å². The molecule has 1 aliphatic rings. The van der Waals surface area contributed by atoms with Gasteiger partial charge in [0, 0.05) is 18.2 Å². The third-order valence-corrected chi connectivity index (χ3v) is 2.64. The zero-order valence-corrected chi connectivity index (χ0v) is 9.09. The smallest absolute Gasteiger partial charge is 0.293 e. The van der Waals surface area contributed by atoms with Gasteiger partial charge in [-0.25, -0.2) is 0 Å². The Morgan fingerprint density at radius 1 is 1.53 bits per heavy atom. The number of nitrogens with one attached hydrogen (secondary N) is 1. The normalized spacial score (nSPS) is 18.9. The van der Waals surface area contributed by atoms with Gasteiger partial charge in [-0.3, -0.25) is 14.9 Å². The summed E-state index contributed by atoms with van der Waals surface area (Å²) in [6.07, 6.45) is 1.42. The van der Waals surface area contributed by atoms with Gasteiger partial charge in [0.1, 0.15) is 12.0 Å². The highest BCUT2D eigenvalue weighted by Crippen LogP contribution is 2.26. The molecule has 90 valence electrons. The first-order valence-electron chi connectivity index (χ1n) is 5.28. The van der Waals surface area contributed by atoms with Crippen molar-refractivity contribution in [1.82, 2.24) is 0 Å². The van der Waals surface area contributed by atoms with Crippen molar-refractivity contribution in [2.45, 2.75) is 12.5 Å². The topological polar surface area (TPSA) is 81.5 Å². The molecule has 1 aromatic carbocycles. The quantitative estimate of drug-likeness (QED) is 0.488. The second-order valence-corrected chi connectivity index (χ2v) is 3.86. The first-order valence-corrected chi connectivity index (χ1v) is 5.28. The summed E-state index contributed by atoms with van der Waals surface area (Å²) in [6.45, 7) is 1.21. The molecule has 1 atom stereocenters. The summed E-state index contributed by atoms with van der Waals surface area (Å²) < 4.78 is 5.19. The number of nitrogens with zero attached hydrogens (tertiary/aromatic N) is 1. The van der Waals surface area contributed by atoms with Crippen molar-refractivity contribution in [3.63, 3.8) is 0 Å². The Morgan fingerprint density at radius 2 is 2.35 bits per heavy atom. The van der Waals surface area contributed by atoms with Gasteiger partial charge in [0.2, 0.25) is 0 Å². The molecular formula is C11H12N2O4. The average molecular weight is 236 g/mol. The largest absolute Gasteiger partial charge is 0.379 e. The minimum absolute atomic E-state index is 0.0819. The highest BCUT2D eigenvalue weighted by atomic mass is 16.6. The highest BCUT2D eigenvalue weighted by Gasteiger charge is 2.20. The monoisotopic (exact) mass is 236 g/mol. The van der Waals surface area contributed by atoms with E-state index in [2.05, 4.69) is 5.32 Å². The molecule has 1 aromatic rings. The summed E-state index contributed by atoms with van der Waals surface area (Å²) in [6, 6.07) is 4.47. The van der Waals surface area contributed by atoms with Gasteiger partial charge in [0.15, 0.2) is 0 Å². The molecule has 0 radical (unpaired) electrons. The van der Waals surface area contributed by atoms with Gasteiger partial charge in [-0.1, -0.05) is 0 Å². The first kappa shape index (κ1) is 11.5. The van der Waals surface area contributed by atoms with Crippen molar-refractivity contribution in [2.75, 3.05) is 18.5 Å². The molecule has 0 amide bonds. The molecule has 17 heavy (non-hydrogen) atoms. The molecule has 2 rings (SSSR count). The average Bonchev–Trinajstić information content (AvgIpc) is 2.82. The SMILES string of the molecule is O=Cc1ccc(NC2CCOC2)c([N+](=O)[O-])c1. The Bertz CT molecular complexity index is 441. The van der Waals surface area contributed by atoms with E-state index < -0.39 is 4.92 Å². The summed E-state index contributed by atoms with van der Waals surface area (Å²) in [7, 11) is 0. The van der Waals surface area contributed by atoms with Crippen LogP contribution in [0.2, 0.25) is 0 Å². The highest BCUT2D eigenvalue weighted by molar-refractivity contribution is 5.79. The summed E-state index contributed by atoms with van der Waals surface area (Å²) in [4.78, 5) is 21.0. The minimum Gasteiger partial charge on any atom is -0.379 e. The Kier molecular flexibility index (Phi) is 3.34. The van der Waals surface area contributed by atoms with E-state index >= 15 is 0 Å². The zero-order chi connectivity index (χ0) is 12.3. The maximum Gasteiger partial charge on any atom is 0.293 e. The van der Waals surface area contributed by atoms with Crippen LogP contribution in [0.5, 0.6) is 0 Å². The number of nitro benzene ring substituents is 1. The number of hydrogen-bond donors (Lipinski definition) is 1. The summed E-state index contributed by atoms with van der Waals surface area (Å²) in [5, 5.41) is 13.9. The predicted octanol–water partition coefficient (Wildman–Crippen LogP) is 1.61. The molecule has 6 heteroatoms. The van der Waals surface area contributed by atoms with Gasteiger partial charge in [0.05, 0.1) is 17.6 Å². The number of aldehydes is 1. The lowest BCUT2D eigenvalue weighted by Gasteiger charge is -2.12. The van der Waals surface area contributed by atoms with E-state index in [9.17, 15) is 14.9 Å². The number of benzene rings is 1. The second kappa shape index (κ2) is 4.92. The van der Waals surface area contributed by atoms with Crippen LogP contribution in [0, 0.1) is 10.1 Å². The van der Waals surface area contributed by atoms with E-state index in [0.29, 0.717) is 30.8 Å². The van der Waals surface area contributed by atoms with Gasteiger partial charge < -0.3 is 10.1 Å². The van der Waals surface area contributed by atoms with E-state index in [0.717, 1.165) is 6.42 Å². The van der Waals surface area contributed by atoms with E-state index in [4.69, 9.17) is 4.74 Å². The van der Waals surface area contributed by atoms with Gasteiger partial charge in [-0.05, 0) is 18.6 Å². The molecule has 6 nitrogen and oxygen atoms in total. The number of nitro groups is 1. The lowest BCUT2D eigenvalue weighted by molar-refractivity contribution is -0.384. The minimum atomic E-state index is -0.495. The molecule has 0 saturated carbocycles. The summed E-state index contributed by atoms with van der Waals surface area (Å²) in [5.74, 6) is 0. The number of rotatable bonds is 4. The fourth-order valence-electron chi connectivity index (χ4n) is 1.76. The van der Waals surface area contributed by atoms with Gasteiger partial charge in [-0.15, -0.1) is 0 Å².